The average molecular weight is 276 g/mol. The number of rotatable bonds is 2. The summed E-state index contributed by atoms with van der Waals surface area (Å²) in [6.07, 6.45) is 0. The molecule has 1 N–H and O–H groups in total. The first-order valence-electron chi connectivity index (χ1n) is 7.25. The minimum atomic E-state index is 0.899. The van der Waals surface area contributed by atoms with Gasteiger partial charge in [0.1, 0.15) is 5.82 Å². The van der Waals surface area contributed by atoms with Crippen molar-refractivity contribution in [3.05, 3.63) is 64.7 Å². The van der Waals surface area contributed by atoms with Crippen molar-refractivity contribution in [2.24, 2.45) is 0 Å². The summed E-state index contributed by atoms with van der Waals surface area (Å²) in [5.41, 5.74) is 7.16. The lowest BCUT2D eigenvalue weighted by Gasteiger charge is -2.11. The van der Waals surface area contributed by atoms with E-state index in [1.54, 1.807) is 0 Å². The first-order valence-corrected chi connectivity index (χ1v) is 7.25. The standard InChI is InChI=1S/C19H20N2/c1-12-5-7-16(8-6-12)20-18-11-14(3)17-10-13(2)9-15(4)19(17)21-18/h5-11H,1-4H3,(H,20,21). The molecule has 0 radical (unpaired) electrons. The molecule has 0 bridgehead atoms. The van der Waals surface area contributed by atoms with E-state index in [1.165, 1.54) is 27.6 Å². The number of hydrogen-bond donors (Lipinski definition) is 1. The molecule has 0 atom stereocenters. The van der Waals surface area contributed by atoms with E-state index in [-0.39, 0.29) is 0 Å². The van der Waals surface area contributed by atoms with Gasteiger partial charge in [-0.25, -0.2) is 4.98 Å². The molecule has 0 saturated heterocycles. The largest absolute Gasteiger partial charge is 0.340 e. The van der Waals surface area contributed by atoms with E-state index in [1.807, 2.05) is 0 Å². The van der Waals surface area contributed by atoms with Crippen molar-refractivity contribution in [3.63, 3.8) is 0 Å². The molecule has 0 saturated carbocycles. The van der Waals surface area contributed by atoms with E-state index in [0.717, 1.165) is 17.0 Å². The van der Waals surface area contributed by atoms with Gasteiger partial charge in [-0.05, 0) is 63.1 Å². The minimum absolute atomic E-state index is 0.899. The van der Waals surface area contributed by atoms with Crippen LogP contribution >= 0.6 is 0 Å². The van der Waals surface area contributed by atoms with Crippen LogP contribution < -0.4 is 5.32 Å². The van der Waals surface area contributed by atoms with Crippen LogP contribution in [0.25, 0.3) is 10.9 Å². The molecule has 0 aliphatic heterocycles. The Bertz CT molecular complexity index is 802. The lowest BCUT2D eigenvalue weighted by atomic mass is 10.0. The lowest BCUT2D eigenvalue weighted by Crippen LogP contribution is -1.97. The molecule has 3 aromatic rings. The highest BCUT2D eigenvalue weighted by molar-refractivity contribution is 5.87. The molecule has 1 heterocycles. The van der Waals surface area contributed by atoms with Crippen LogP contribution in [-0.2, 0) is 0 Å². The number of fused-ring (bicyclic) bond motifs is 1. The maximum Gasteiger partial charge on any atom is 0.131 e. The Balaban J connectivity index is 2.06. The number of pyridine rings is 1. The molecular formula is C19H20N2. The van der Waals surface area contributed by atoms with Crippen molar-refractivity contribution >= 4 is 22.4 Å². The van der Waals surface area contributed by atoms with E-state index in [0.29, 0.717) is 0 Å². The summed E-state index contributed by atoms with van der Waals surface area (Å²) in [7, 11) is 0. The second kappa shape index (κ2) is 5.21. The molecule has 106 valence electrons. The molecule has 0 amide bonds. The average Bonchev–Trinajstić information content (AvgIpc) is 2.43. The van der Waals surface area contributed by atoms with Crippen LogP contribution in [-0.4, -0.2) is 4.98 Å². The molecule has 0 aliphatic carbocycles. The molecule has 0 aliphatic rings. The van der Waals surface area contributed by atoms with Crippen molar-refractivity contribution in [1.29, 1.82) is 0 Å². The Morgan fingerprint density at radius 2 is 1.48 bits per heavy atom. The van der Waals surface area contributed by atoms with Crippen LogP contribution in [0.15, 0.2) is 42.5 Å². The van der Waals surface area contributed by atoms with Crippen LogP contribution in [0.2, 0.25) is 0 Å². The van der Waals surface area contributed by atoms with Gasteiger partial charge in [0.25, 0.3) is 0 Å². The fourth-order valence-corrected chi connectivity index (χ4v) is 2.69. The predicted octanol–water partition coefficient (Wildman–Crippen LogP) is 5.21. The van der Waals surface area contributed by atoms with Gasteiger partial charge in [0.15, 0.2) is 0 Å². The summed E-state index contributed by atoms with van der Waals surface area (Å²) in [6.45, 7) is 8.49. The number of nitrogens with zero attached hydrogens (tertiary/aromatic N) is 1. The summed E-state index contributed by atoms with van der Waals surface area (Å²) in [5.74, 6) is 0.899. The Labute approximate surface area is 125 Å². The van der Waals surface area contributed by atoms with Gasteiger partial charge in [0.2, 0.25) is 0 Å². The van der Waals surface area contributed by atoms with Gasteiger partial charge in [-0.3, -0.25) is 0 Å². The second-order valence-corrected chi connectivity index (χ2v) is 5.79. The highest BCUT2D eigenvalue weighted by Crippen LogP contribution is 2.26. The second-order valence-electron chi connectivity index (χ2n) is 5.79. The Kier molecular flexibility index (Phi) is 3.38. The first kappa shape index (κ1) is 13.6. The zero-order valence-corrected chi connectivity index (χ0v) is 13.0. The summed E-state index contributed by atoms with van der Waals surface area (Å²) >= 11 is 0. The lowest BCUT2D eigenvalue weighted by molar-refractivity contribution is 1.30. The third-order valence-corrected chi connectivity index (χ3v) is 3.78. The normalized spacial score (nSPS) is 10.9. The van der Waals surface area contributed by atoms with E-state index >= 15 is 0 Å². The van der Waals surface area contributed by atoms with Gasteiger partial charge in [-0.15, -0.1) is 0 Å². The van der Waals surface area contributed by atoms with Gasteiger partial charge in [0.05, 0.1) is 5.52 Å². The highest BCUT2D eigenvalue weighted by atomic mass is 15.0. The maximum atomic E-state index is 4.78. The van der Waals surface area contributed by atoms with Crippen LogP contribution in [0.1, 0.15) is 22.3 Å². The van der Waals surface area contributed by atoms with Gasteiger partial charge < -0.3 is 5.32 Å². The van der Waals surface area contributed by atoms with Crippen LogP contribution in [0, 0.1) is 27.7 Å². The predicted molar refractivity (Wildman–Crippen MR) is 90.4 cm³/mol. The van der Waals surface area contributed by atoms with Crippen molar-refractivity contribution < 1.29 is 0 Å². The molecule has 0 fully saturated rings. The van der Waals surface area contributed by atoms with E-state index < -0.39 is 0 Å². The highest BCUT2D eigenvalue weighted by Gasteiger charge is 2.06. The smallest absolute Gasteiger partial charge is 0.131 e. The van der Waals surface area contributed by atoms with E-state index in [9.17, 15) is 0 Å². The van der Waals surface area contributed by atoms with Crippen LogP contribution in [0.5, 0.6) is 0 Å². The van der Waals surface area contributed by atoms with E-state index in [4.69, 9.17) is 4.98 Å². The van der Waals surface area contributed by atoms with Gasteiger partial charge in [0, 0.05) is 11.1 Å². The number of benzene rings is 2. The molecule has 2 aromatic carbocycles. The Morgan fingerprint density at radius 1 is 0.762 bits per heavy atom. The fraction of sp³-hybridized carbons (Fsp3) is 0.211. The number of aromatic nitrogens is 1. The fourth-order valence-electron chi connectivity index (χ4n) is 2.69. The van der Waals surface area contributed by atoms with Crippen LogP contribution in [0.3, 0.4) is 0 Å². The molecule has 1 aromatic heterocycles. The summed E-state index contributed by atoms with van der Waals surface area (Å²) < 4.78 is 0. The monoisotopic (exact) mass is 276 g/mol. The molecule has 0 unspecified atom stereocenters. The summed E-state index contributed by atoms with van der Waals surface area (Å²) in [6, 6.07) is 14.9. The Hall–Kier alpha value is -2.35. The minimum Gasteiger partial charge on any atom is -0.340 e. The van der Waals surface area contributed by atoms with Crippen LogP contribution in [0.4, 0.5) is 11.5 Å². The number of anilines is 2. The third kappa shape index (κ3) is 2.75. The molecule has 2 heteroatoms. The topological polar surface area (TPSA) is 24.9 Å². The van der Waals surface area contributed by atoms with E-state index in [2.05, 4.69) is 75.5 Å². The molecule has 3 rings (SSSR count). The van der Waals surface area contributed by atoms with Gasteiger partial charge >= 0.3 is 0 Å². The summed E-state index contributed by atoms with van der Waals surface area (Å²) in [5, 5.41) is 4.63. The first-order chi connectivity index (χ1) is 10.0. The molecule has 2 nitrogen and oxygen atoms in total. The quantitative estimate of drug-likeness (QED) is 0.694. The van der Waals surface area contributed by atoms with Gasteiger partial charge in [-0.1, -0.05) is 29.3 Å². The molecular weight excluding hydrogens is 256 g/mol. The van der Waals surface area contributed by atoms with Crippen molar-refractivity contribution in [2.45, 2.75) is 27.7 Å². The molecule has 0 spiro atoms. The number of hydrogen-bond acceptors (Lipinski definition) is 2. The third-order valence-electron chi connectivity index (χ3n) is 3.78. The van der Waals surface area contributed by atoms with Gasteiger partial charge in [-0.2, -0.15) is 0 Å². The zero-order chi connectivity index (χ0) is 15.0. The Morgan fingerprint density at radius 3 is 2.19 bits per heavy atom. The maximum absolute atomic E-state index is 4.78. The van der Waals surface area contributed by atoms with Crippen molar-refractivity contribution in [1.82, 2.24) is 4.98 Å². The SMILES string of the molecule is Cc1ccc(Nc2cc(C)c3cc(C)cc(C)c3n2)cc1. The zero-order valence-electron chi connectivity index (χ0n) is 13.0. The van der Waals surface area contributed by atoms with Crippen molar-refractivity contribution in [2.75, 3.05) is 5.32 Å². The van der Waals surface area contributed by atoms with Crippen molar-refractivity contribution in [3.8, 4) is 0 Å². The molecule has 21 heavy (non-hydrogen) atoms. The number of aryl methyl sites for hydroxylation is 4. The summed E-state index contributed by atoms with van der Waals surface area (Å²) in [4.78, 5) is 4.78. The number of nitrogens with one attached hydrogen (secondary N) is 1.